The molecule has 0 spiro atoms. The third-order valence-electron chi connectivity index (χ3n) is 3.08. The molecule has 2 aliphatic heterocycles. The van der Waals surface area contributed by atoms with Crippen LogP contribution in [-0.4, -0.2) is 45.8 Å². The molecule has 0 aromatic heterocycles. The van der Waals surface area contributed by atoms with Gasteiger partial charge in [-0.2, -0.15) is 4.31 Å². The maximum absolute atomic E-state index is 12.4. The summed E-state index contributed by atoms with van der Waals surface area (Å²) in [6, 6.07) is 4.68. The zero-order chi connectivity index (χ0) is 13.3. The molecule has 1 fully saturated rings. The lowest BCUT2D eigenvalue weighted by molar-refractivity contribution is 0.0313. The molecular weight excluding hydrogens is 270 g/mol. The number of fused-ring (bicyclic) bond motifs is 1. The van der Waals surface area contributed by atoms with Crippen LogP contribution in [0.15, 0.2) is 23.1 Å². The Balaban J connectivity index is 1.92. The number of hydrogen-bond acceptors (Lipinski definition) is 5. The minimum absolute atomic E-state index is 0.108. The lowest BCUT2D eigenvalue weighted by atomic mass is 10.3. The monoisotopic (exact) mass is 285 g/mol. The van der Waals surface area contributed by atoms with Gasteiger partial charge in [-0.3, -0.25) is 0 Å². The lowest BCUT2D eigenvalue weighted by Crippen LogP contribution is -2.38. The highest BCUT2D eigenvalue weighted by molar-refractivity contribution is 7.89. The van der Waals surface area contributed by atoms with Crippen molar-refractivity contribution in [2.24, 2.45) is 0 Å². The number of nitrogens with zero attached hydrogens (tertiary/aromatic N) is 1. The van der Waals surface area contributed by atoms with Crippen molar-refractivity contribution in [3.05, 3.63) is 18.2 Å². The molecular formula is C12H15NO5S. The molecule has 0 saturated carbocycles. The predicted molar refractivity (Wildman–Crippen MR) is 66.8 cm³/mol. The standard InChI is InChI=1S/C12H15NO5S/c14-19(15,13-4-1-5-16-9-13)10-2-3-11-12(8-10)18-7-6-17-11/h2-3,8H,1,4-7,9H2. The highest BCUT2D eigenvalue weighted by Gasteiger charge is 2.27. The van der Waals surface area contributed by atoms with Crippen LogP contribution >= 0.6 is 0 Å². The highest BCUT2D eigenvalue weighted by atomic mass is 32.2. The second-order valence-corrected chi connectivity index (χ2v) is 6.31. The van der Waals surface area contributed by atoms with Gasteiger partial charge in [0.15, 0.2) is 11.5 Å². The summed E-state index contributed by atoms with van der Waals surface area (Å²) in [6.45, 7) is 2.11. The Hall–Kier alpha value is -1.31. The molecule has 104 valence electrons. The molecule has 6 nitrogen and oxygen atoms in total. The zero-order valence-electron chi connectivity index (χ0n) is 10.4. The van der Waals surface area contributed by atoms with Crippen molar-refractivity contribution < 1.29 is 22.6 Å². The van der Waals surface area contributed by atoms with E-state index in [1.54, 1.807) is 6.07 Å². The number of sulfonamides is 1. The average molecular weight is 285 g/mol. The van der Waals surface area contributed by atoms with Crippen LogP contribution in [0.2, 0.25) is 0 Å². The summed E-state index contributed by atoms with van der Waals surface area (Å²) in [5, 5.41) is 0. The molecule has 2 heterocycles. The van der Waals surface area contributed by atoms with Crippen LogP contribution in [0.1, 0.15) is 6.42 Å². The molecule has 0 unspecified atom stereocenters. The molecule has 0 radical (unpaired) electrons. The fraction of sp³-hybridized carbons (Fsp3) is 0.500. The molecule has 2 aliphatic rings. The van der Waals surface area contributed by atoms with Crippen molar-refractivity contribution in [1.82, 2.24) is 4.31 Å². The van der Waals surface area contributed by atoms with E-state index in [2.05, 4.69) is 0 Å². The van der Waals surface area contributed by atoms with Gasteiger partial charge in [0.25, 0.3) is 0 Å². The van der Waals surface area contributed by atoms with E-state index in [1.165, 1.54) is 16.4 Å². The average Bonchev–Trinajstić information content (AvgIpc) is 2.47. The Kier molecular flexibility index (Phi) is 3.34. The van der Waals surface area contributed by atoms with Crippen LogP contribution in [0, 0.1) is 0 Å². The summed E-state index contributed by atoms with van der Waals surface area (Å²) >= 11 is 0. The molecule has 0 aliphatic carbocycles. The Morgan fingerprint density at radius 3 is 2.58 bits per heavy atom. The zero-order valence-corrected chi connectivity index (χ0v) is 11.2. The van der Waals surface area contributed by atoms with Gasteiger partial charge in [0.1, 0.15) is 19.9 Å². The van der Waals surface area contributed by atoms with Crippen molar-refractivity contribution in [3.63, 3.8) is 0 Å². The van der Waals surface area contributed by atoms with Gasteiger partial charge in [-0.15, -0.1) is 0 Å². The van der Waals surface area contributed by atoms with E-state index in [0.717, 1.165) is 0 Å². The van der Waals surface area contributed by atoms with E-state index in [0.29, 0.717) is 44.3 Å². The first kappa shape index (κ1) is 12.7. The molecule has 19 heavy (non-hydrogen) atoms. The van der Waals surface area contributed by atoms with Crippen LogP contribution in [0.3, 0.4) is 0 Å². The van der Waals surface area contributed by atoms with Crippen LogP contribution in [-0.2, 0) is 14.8 Å². The number of ether oxygens (including phenoxy) is 3. The largest absolute Gasteiger partial charge is 0.486 e. The Labute approximate surface area is 111 Å². The maximum Gasteiger partial charge on any atom is 0.245 e. The van der Waals surface area contributed by atoms with Crippen LogP contribution < -0.4 is 9.47 Å². The van der Waals surface area contributed by atoms with E-state index in [1.807, 2.05) is 0 Å². The fourth-order valence-electron chi connectivity index (χ4n) is 2.10. The van der Waals surface area contributed by atoms with Gasteiger partial charge in [-0.25, -0.2) is 8.42 Å². The topological polar surface area (TPSA) is 65.1 Å². The van der Waals surface area contributed by atoms with E-state index < -0.39 is 10.0 Å². The molecule has 0 atom stereocenters. The van der Waals surface area contributed by atoms with Gasteiger partial charge in [0.2, 0.25) is 10.0 Å². The first-order chi connectivity index (χ1) is 9.18. The van der Waals surface area contributed by atoms with E-state index in [9.17, 15) is 8.42 Å². The second kappa shape index (κ2) is 4.99. The normalized spacial score (nSPS) is 20.2. The smallest absolute Gasteiger partial charge is 0.245 e. The first-order valence-corrected chi connectivity index (χ1v) is 7.59. The Morgan fingerprint density at radius 1 is 1.05 bits per heavy atom. The predicted octanol–water partition coefficient (Wildman–Crippen LogP) is 0.826. The lowest BCUT2D eigenvalue weighted by Gasteiger charge is -2.26. The van der Waals surface area contributed by atoms with Gasteiger partial charge in [-0.1, -0.05) is 0 Å². The van der Waals surface area contributed by atoms with Crippen molar-refractivity contribution in [1.29, 1.82) is 0 Å². The third kappa shape index (κ3) is 2.41. The third-order valence-corrected chi connectivity index (χ3v) is 4.90. The summed E-state index contributed by atoms with van der Waals surface area (Å²) in [5.74, 6) is 1.06. The summed E-state index contributed by atoms with van der Waals surface area (Å²) in [6.07, 6.45) is 0.712. The van der Waals surface area contributed by atoms with Gasteiger partial charge >= 0.3 is 0 Å². The fourth-order valence-corrected chi connectivity index (χ4v) is 3.47. The number of rotatable bonds is 2. The SMILES string of the molecule is O=S(=O)(c1ccc2c(c1)OCCO2)N1CCCOC1. The minimum atomic E-state index is -3.52. The number of benzene rings is 1. The van der Waals surface area contributed by atoms with Crippen molar-refractivity contribution in [2.45, 2.75) is 11.3 Å². The molecule has 7 heteroatoms. The van der Waals surface area contributed by atoms with Gasteiger partial charge < -0.3 is 14.2 Å². The number of hydrogen-bond donors (Lipinski definition) is 0. The summed E-state index contributed by atoms with van der Waals surface area (Å²) in [4.78, 5) is 0.210. The summed E-state index contributed by atoms with van der Waals surface area (Å²) in [5.41, 5.74) is 0. The second-order valence-electron chi connectivity index (χ2n) is 4.38. The molecule has 3 rings (SSSR count). The molecule has 0 bridgehead atoms. The van der Waals surface area contributed by atoms with E-state index in [-0.39, 0.29) is 11.6 Å². The summed E-state index contributed by atoms with van der Waals surface area (Å²) < 4.78 is 42.2. The van der Waals surface area contributed by atoms with Crippen molar-refractivity contribution in [2.75, 3.05) is 33.1 Å². The molecule has 0 amide bonds. The van der Waals surface area contributed by atoms with Gasteiger partial charge in [0, 0.05) is 19.2 Å². The van der Waals surface area contributed by atoms with Crippen LogP contribution in [0.5, 0.6) is 11.5 Å². The van der Waals surface area contributed by atoms with E-state index in [4.69, 9.17) is 14.2 Å². The molecule has 0 N–H and O–H groups in total. The van der Waals surface area contributed by atoms with E-state index >= 15 is 0 Å². The summed E-state index contributed by atoms with van der Waals surface area (Å²) in [7, 11) is -3.52. The Bertz CT molecular complexity index is 565. The maximum atomic E-state index is 12.4. The molecule has 1 aromatic carbocycles. The molecule has 1 aromatic rings. The first-order valence-electron chi connectivity index (χ1n) is 6.15. The quantitative estimate of drug-likeness (QED) is 0.805. The van der Waals surface area contributed by atoms with Gasteiger partial charge in [0.05, 0.1) is 4.90 Å². The highest BCUT2D eigenvalue weighted by Crippen LogP contribution is 2.33. The van der Waals surface area contributed by atoms with Crippen LogP contribution in [0.4, 0.5) is 0 Å². The van der Waals surface area contributed by atoms with Crippen LogP contribution in [0.25, 0.3) is 0 Å². The van der Waals surface area contributed by atoms with Gasteiger partial charge in [-0.05, 0) is 18.6 Å². The van der Waals surface area contributed by atoms with Crippen molar-refractivity contribution >= 4 is 10.0 Å². The Morgan fingerprint density at radius 2 is 1.84 bits per heavy atom. The minimum Gasteiger partial charge on any atom is -0.486 e. The molecule has 1 saturated heterocycles. The van der Waals surface area contributed by atoms with Crippen molar-refractivity contribution in [3.8, 4) is 11.5 Å².